The fourth-order valence-electron chi connectivity index (χ4n) is 3.50. The quantitative estimate of drug-likeness (QED) is 0.727. The molecule has 1 aromatic carbocycles. The number of carbonyl (C=O) groups is 1. The minimum atomic E-state index is -3.17. The van der Waals surface area contributed by atoms with Crippen molar-refractivity contribution in [1.29, 1.82) is 0 Å². The maximum absolute atomic E-state index is 13.1. The number of methoxy groups -OCH3 is 1. The lowest BCUT2D eigenvalue weighted by Crippen LogP contribution is -2.45. The molecule has 2 rings (SSSR count). The number of ether oxygens (including phenoxy) is 1. The first kappa shape index (κ1) is 20.7. The predicted octanol–water partition coefficient (Wildman–Crippen LogP) is 2.67. The van der Waals surface area contributed by atoms with Crippen molar-refractivity contribution < 1.29 is 17.9 Å². The molecule has 26 heavy (non-hydrogen) atoms. The summed E-state index contributed by atoms with van der Waals surface area (Å²) in [7, 11) is -1.54. The average molecular weight is 383 g/mol. The molecule has 0 N–H and O–H groups in total. The summed E-state index contributed by atoms with van der Waals surface area (Å²) in [6.07, 6.45) is 1.17. The van der Waals surface area contributed by atoms with Gasteiger partial charge in [-0.1, -0.05) is 12.1 Å². The second kappa shape index (κ2) is 8.86. The molecule has 6 nitrogen and oxygen atoms in total. The van der Waals surface area contributed by atoms with Gasteiger partial charge in [0, 0.05) is 25.6 Å². The first-order valence-electron chi connectivity index (χ1n) is 9.26. The zero-order valence-electron chi connectivity index (χ0n) is 16.1. The van der Waals surface area contributed by atoms with Crippen molar-refractivity contribution in [3.63, 3.8) is 0 Å². The van der Waals surface area contributed by atoms with Crippen LogP contribution in [-0.2, 0) is 14.8 Å². The fraction of sp³-hybridized carbons (Fsp3) is 0.632. The molecule has 7 heteroatoms. The number of hydrogen-bond acceptors (Lipinski definition) is 4. The van der Waals surface area contributed by atoms with Crippen molar-refractivity contribution in [2.24, 2.45) is 5.92 Å². The highest BCUT2D eigenvalue weighted by Crippen LogP contribution is 2.28. The van der Waals surface area contributed by atoms with Crippen molar-refractivity contribution in [2.75, 3.05) is 32.5 Å². The van der Waals surface area contributed by atoms with Gasteiger partial charge < -0.3 is 9.64 Å². The van der Waals surface area contributed by atoms with Crippen LogP contribution >= 0.6 is 0 Å². The number of hydrogen-bond donors (Lipinski definition) is 0. The van der Waals surface area contributed by atoms with Crippen molar-refractivity contribution >= 4 is 15.9 Å². The molecule has 0 spiro atoms. The normalized spacial score (nSPS) is 17.7. The van der Waals surface area contributed by atoms with Crippen LogP contribution < -0.4 is 4.74 Å². The van der Waals surface area contributed by atoms with Crippen molar-refractivity contribution in [3.05, 3.63) is 29.8 Å². The number of nitrogens with zero attached hydrogens (tertiary/aromatic N) is 2. The molecule has 1 amide bonds. The van der Waals surface area contributed by atoms with E-state index in [1.165, 1.54) is 4.31 Å². The summed E-state index contributed by atoms with van der Waals surface area (Å²) in [5.74, 6) is 0.873. The largest absolute Gasteiger partial charge is 0.497 e. The number of piperidine rings is 1. The maximum atomic E-state index is 13.1. The van der Waals surface area contributed by atoms with Crippen LogP contribution in [0.3, 0.4) is 0 Å². The third-order valence-corrected chi connectivity index (χ3v) is 7.11. The molecule has 1 heterocycles. The number of amides is 1. The Hall–Kier alpha value is -1.60. The Kier molecular flexibility index (Phi) is 7.06. The third-order valence-electron chi connectivity index (χ3n) is 5.23. The first-order chi connectivity index (χ1) is 12.3. The van der Waals surface area contributed by atoms with Gasteiger partial charge in [0.25, 0.3) is 0 Å². The summed E-state index contributed by atoms with van der Waals surface area (Å²) in [5.41, 5.74) is 1.03. The highest BCUT2D eigenvalue weighted by Gasteiger charge is 2.33. The standard InChI is InChI=1S/C19H30N2O4S/c1-5-21(15(3)17-8-7-9-18(14-17)25-4)19(22)16-10-12-20(13-11-16)26(23,24)6-2/h7-9,14-16H,5-6,10-13H2,1-4H3. The molecule has 1 aromatic rings. The van der Waals surface area contributed by atoms with E-state index < -0.39 is 10.0 Å². The van der Waals surface area contributed by atoms with E-state index in [1.54, 1.807) is 14.0 Å². The fourth-order valence-corrected chi connectivity index (χ4v) is 4.63. The molecule has 1 aliphatic rings. The molecule has 1 saturated heterocycles. The minimum absolute atomic E-state index is 0.0556. The van der Waals surface area contributed by atoms with Gasteiger partial charge in [-0.3, -0.25) is 4.79 Å². The molecule has 1 atom stereocenters. The van der Waals surface area contributed by atoms with Gasteiger partial charge in [0.05, 0.1) is 18.9 Å². The van der Waals surface area contributed by atoms with Gasteiger partial charge >= 0.3 is 0 Å². The Balaban J connectivity index is 2.07. The van der Waals surface area contributed by atoms with E-state index in [0.29, 0.717) is 32.5 Å². The summed E-state index contributed by atoms with van der Waals surface area (Å²) in [6.45, 7) is 7.12. The molecule has 1 fully saturated rings. The second-order valence-electron chi connectivity index (χ2n) is 6.65. The summed E-state index contributed by atoms with van der Waals surface area (Å²) in [6, 6.07) is 7.71. The number of carbonyl (C=O) groups excluding carboxylic acids is 1. The van der Waals surface area contributed by atoms with Gasteiger partial charge in [0.2, 0.25) is 15.9 Å². The van der Waals surface area contributed by atoms with Crippen LogP contribution in [0.5, 0.6) is 5.75 Å². The summed E-state index contributed by atoms with van der Waals surface area (Å²) in [4.78, 5) is 14.9. The predicted molar refractivity (Wildman–Crippen MR) is 103 cm³/mol. The van der Waals surface area contributed by atoms with E-state index in [1.807, 2.05) is 43.0 Å². The minimum Gasteiger partial charge on any atom is -0.497 e. The van der Waals surface area contributed by atoms with Gasteiger partial charge in [0.1, 0.15) is 5.75 Å². The van der Waals surface area contributed by atoms with E-state index in [9.17, 15) is 13.2 Å². The van der Waals surface area contributed by atoms with Gasteiger partial charge in [-0.15, -0.1) is 0 Å². The highest BCUT2D eigenvalue weighted by atomic mass is 32.2. The van der Waals surface area contributed by atoms with Crippen LogP contribution in [0.4, 0.5) is 0 Å². The Bertz CT molecular complexity index is 712. The van der Waals surface area contributed by atoms with E-state index in [0.717, 1.165) is 11.3 Å². The Labute approximate surface area is 157 Å². The zero-order valence-corrected chi connectivity index (χ0v) is 17.0. The van der Waals surface area contributed by atoms with Gasteiger partial charge in [-0.2, -0.15) is 0 Å². The molecule has 0 saturated carbocycles. The maximum Gasteiger partial charge on any atom is 0.226 e. The van der Waals surface area contributed by atoms with Crippen LogP contribution in [0.2, 0.25) is 0 Å². The Morgan fingerprint density at radius 1 is 1.31 bits per heavy atom. The van der Waals surface area contributed by atoms with Crippen molar-refractivity contribution in [3.8, 4) is 5.75 Å². The topological polar surface area (TPSA) is 66.9 Å². The first-order valence-corrected chi connectivity index (χ1v) is 10.9. The molecule has 0 aliphatic carbocycles. The van der Waals surface area contributed by atoms with Gasteiger partial charge in [-0.25, -0.2) is 12.7 Å². The van der Waals surface area contributed by atoms with Crippen molar-refractivity contribution in [1.82, 2.24) is 9.21 Å². The van der Waals surface area contributed by atoms with Gasteiger partial charge in [-0.05, 0) is 51.3 Å². The average Bonchev–Trinajstić information content (AvgIpc) is 2.68. The van der Waals surface area contributed by atoms with Gasteiger partial charge in [0.15, 0.2) is 0 Å². The van der Waals surface area contributed by atoms with Crippen LogP contribution in [0, 0.1) is 5.92 Å². The molecular formula is C19H30N2O4S. The SMILES string of the molecule is CCN(C(=O)C1CCN(S(=O)(=O)CC)CC1)C(C)c1cccc(OC)c1. The van der Waals surface area contributed by atoms with E-state index in [2.05, 4.69) is 0 Å². The number of rotatable bonds is 7. The Morgan fingerprint density at radius 2 is 1.96 bits per heavy atom. The lowest BCUT2D eigenvalue weighted by atomic mass is 9.95. The highest BCUT2D eigenvalue weighted by molar-refractivity contribution is 7.89. The molecule has 0 aromatic heterocycles. The lowest BCUT2D eigenvalue weighted by molar-refractivity contribution is -0.138. The smallest absolute Gasteiger partial charge is 0.226 e. The second-order valence-corrected chi connectivity index (χ2v) is 8.91. The monoisotopic (exact) mass is 382 g/mol. The summed E-state index contributed by atoms with van der Waals surface area (Å²) >= 11 is 0. The number of benzene rings is 1. The summed E-state index contributed by atoms with van der Waals surface area (Å²) in [5, 5.41) is 0. The van der Waals surface area contributed by atoms with Crippen LogP contribution in [-0.4, -0.2) is 56.0 Å². The molecule has 0 bridgehead atoms. The van der Waals surface area contributed by atoms with Crippen LogP contribution in [0.15, 0.2) is 24.3 Å². The third kappa shape index (κ3) is 4.57. The summed E-state index contributed by atoms with van der Waals surface area (Å²) < 4.78 is 30.8. The molecule has 146 valence electrons. The van der Waals surface area contributed by atoms with Crippen LogP contribution in [0.1, 0.15) is 45.2 Å². The van der Waals surface area contributed by atoms with E-state index >= 15 is 0 Å². The molecule has 0 radical (unpaired) electrons. The molecule has 1 unspecified atom stereocenters. The molecular weight excluding hydrogens is 352 g/mol. The Morgan fingerprint density at radius 3 is 2.50 bits per heavy atom. The van der Waals surface area contributed by atoms with Crippen molar-refractivity contribution in [2.45, 2.75) is 39.7 Å². The zero-order chi connectivity index (χ0) is 19.3. The van der Waals surface area contributed by atoms with E-state index in [4.69, 9.17) is 4.74 Å². The number of sulfonamides is 1. The van der Waals surface area contributed by atoms with E-state index in [-0.39, 0.29) is 23.6 Å². The molecule has 1 aliphatic heterocycles. The lowest BCUT2D eigenvalue weighted by Gasteiger charge is -2.36. The van der Waals surface area contributed by atoms with Crippen LogP contribution in [0.25, 0.3) is 0 Å².